The van der Waals surface area contributed by atoms with Crippen LogP contribution in [0.5, 0.6) is 0 Å². The van der Waals surface area contributed by atoms with E-state index in [-0.39, 0.29) is 18.5 Å². The normalized spacial score (nSPS) is 12.9. The molecule has 2 atom stereocenters. The molecule has 0 saturated heterocycles. The number of nitrogens with one attached hydrogen (secondary N) is 1. The van der Waals surface area contributed by atoms with Gasteiger partial charge in [0, 0.05) is 12.8 Å². The van der Waals surface area contributed by atoms with Crippen molar-refractivity contribution in [2.24, 2.45) is 0 Å². The highest BCUT2D eigenvalue weighted by Gasteiger charge is 2.19. The summed E-state index contributed by atoms with van der Waals surface area (Å²) >= 11 is 0. The van der Waals surface area contributed by atoms with Crippen molar-refractivity contribution in [3.05, 3.63) is 24.3 Å². The van der Waals surface area contributed by atoms with Gasteiger partial charge < -0.3 is 20.3 Å². The number of ether oxygens (including phenoxy) is 1. The number of amides is 1. The van der Waals surface area contributed by atoms with Crippen LogP contribution in [0.25, 0.3) is 0 Å². The van der Waals surface area contributed by atoms with Gasteiger partial charge in [0.2, 0.25) is 5.91 Å². The lowest BCUT2D eigenvalue weighted by atomic mass is 10.0. The maximum Gasteiger partial charge on any atom is 0.305 e. The van der Waals surface area contributed by atoms with Crippen molar-refractivity contribution in [1.29, 1.82) is 0 Å². The molecule has 0 aromatic carbocycles. The van der Waals surface area contributed by atoms with Crippen molar-refractivity contribution in [3.8, 4) is 0 Å². The predicted octanol–water partition coefficient (Wildman–Crippen LogP) is 13.2. The molecule has 0 spiro atoms. The van der Waals surface area contributed by atoms with E-state index in [4.69, 9.17) is 4.74 Å². The number of rotatable bonds is 42. The zero-order valence-corrected chi connectivity index (χ0v) is 35.2. The summed E-state index contributed by atoms with van der Waals surface area (Å²) in [5.74, 6) is -0.134. The molecule has 0 saturated carbocycles. The van der Waals surface area contributed by atoms with Crippen LogP contribution < -0.4 is 5.32 Å². The van der Waals surface area contributed by atoms with Gasteiger partial charge in [0.15, 0.2) is 0 Å². The van der Waals surface area contributed by atoms with Gasteiger partial charge in [-0.15, -0.1) is 0 Å². The molecule has 0 radical (unpaired) electrons. The number of aliphatic hydroxyl groups is 2. The number of hydrogen-bond donors (Lipinski definition) is 3. The van der Waals surface area contributed by atoms with E-state index in [1.54, 1.807) is 0 Å². The van der Waals surface area contributed by atoms with Crippen molar-refractivity contribution < 1.29 is 24.5 Å². The molecule has 0 aliphatic carbocycles. The third kappa shape index (κ3) is 39.8. The van der Waals surface area contributed by atoms with Gasteiger partial charge in [-0.3, -0.25) is 9.59 Å². The zero-order chi connectivity index (χ0) is 38.7. The summed E-state index contributed by atoms with van der Waals surface area (Å²) in [5, 5.41) is 22.9. The Bertz CT molecular complexity index is 828. The molecule has 0 aromatic heterocycles. The number of carbonyl (C=O) groups excluding carboxylic acids is 2. The number of allylic oxidation sites excluding steroid dienone is 4. The molecule has 1 amide bonds. The lowest BCUT2D eigenvalue weighted by Crippen LogP contribution is -2.45. The molecule has 312 valence electrons. The fourth-order valence-electron chi connectivity index (χ4n) is 6.92. The fraction of sp³-hybridized carbons (Fsp3) is 0.872. The minimum Gasteiger partial charge on any atom is -0.466 e. The molecular formula is C47H89NO5. The smallest absolute Gasteiger partial charge is 0.305 e. The highest BCUT2D eigenvalue weighted by atomic mass is 16.5. The Morgan fingerprint density at radius 1 is 0.528 bits per heavy atom. The number of aliphatic hydroxyl groups excluding tert-OH is 2. The molecule has 6 nitrogen and oxygen atoms in total. The van der Waals surface area contributed by atoms with Crippen LogP contribution in [0.1, 0.15) is 239 Å². The van der Waals surface area contributed by atoms with E-state index in [0.717, 1.165) is 51.4 Å². The third-order valence-corrected chi connectivity index (χ3v) is 10.5. The maximum atomic E-state index is 12.3. The van der Waals surface area contributed by atoms with Crippen LogP contribution in [-0.2, 0) is 14.3 Å². The quantitative estimate of drug-likeness (QED) is 0.0328. The second kappa shape index (κ2) is 43.1. The van der Waals surface area contributed by atoms with Crippen LogP contribution in [0.15, 0.2) is 24.3 Å². The summed E-state index contributed by atoms with van der Waals surface area (Å²) in [7, 11) is 0. The van der Waals surface area contributed by atoms with Crippen LogP contribution in [0.4, 0.5) is 0 Å². The first-order chi connectivity index (χ1) is 26.0. The molecule has 2 unspecified atom stereocenters. The van der Waals surface area contributed by atoms with Gasteiger partial charge in [0.1, 0.15) is 0 Å². The van der Waals surface area contributed by atoms with Gasteiger partial charge in [-0.1, -0.05) is 205 Å². The van der Waals surface area contributed by atoms with Crippen molar-refractivity contribution in [2.45, 2.75) is 251 Å². The van der Waals surface area contributed by atoms with E-state index in [1.165, 1.54) is 148 Å². The largest absolute Gasteiger partial charge is 0.466 e. The minimum atomic E-state index is -0.695. The van der Waals surface area contributed by atoms with E-state index in [1.807, 2.05) is 6.08 Å². The molecule has 0 aliphatic heterocycles. The standard InChI is InChI=1S/C47H89NO5/c1-3-5-7-9-11-13-14-15-18-21-25-29-33-37-41-47(52)53-42-38-34-30-26-22-19-16-17-20-24-28-32-36-40-46(51)48-44(43-49)45(50)39-35-31-27-23-12-10-8-6-4-2/h17,20,28,32,44-45,49-50H,3-16,18-19,21-27,29-31,33-43H2,1-2H3,(H,48,51)/b20-17-,32-28-. The van der Waals surface area contributed by atoms with Crippen LogP contribution in [0.2, 0.25) is 0 Å². The molecular weight excluding hydrogens is 659 g/mol. The Balaban J connectivity index is 3.53. The average molecular weight is 748 g/mol. The van der Waals surface area contributed by atoms with Crippen LogP contribution in [0.3, 0.4) is 0 Å². The van der Waals surface area contributed by atoms with Crippen LogP contribution >= 0.6 is 0 Å². The van der Waals surface area contributed by atoms with Crippen LogP contribution in [-0.4, -0.2) is 47.4 Å². The van der Waals surface area contributed by atoms with Crippen molar-refractivity contribution in [1.82, 2.24) is 5.32 Å². The van der Waals surface area contributed by atoms with Crippen molar-refractivity contribution >= 4 is 11.9 Å². The van der Waals surface area contributed by atoms with E-state index in [0.29, 0.717) is 32.3 Å². The van der Waals surface area contributed by atoms with Gasteiger partial charge >= 0.3 is 5.97 Å². The molecule has 3 N–H and O–H groups in total. The summed E-state index contributed by atoms with van der Waals surface area (Å²) in [6.45, 7) is 4.85. The second-order valence-electron chi connectivity index (χ2n) is 15.7. The van der Waals surface area contributed by atoms with E-state index >= 15 is 0 Å². The van der Waals surface area contributed by atoms with E-state index in [9.17, 15) is 19.8 Å². The second-order valence-corrected chi connectivity index (χ2v) is 15.7. The lowest BCUT2D eigenvalue weighted by molar-refractivity contribution is -0.143. The minimum absolute atomic E-state index is 0.0157. The Labute approximate surface area is 329 Å². The molecule has 6 heteroatoms. The Morgan fingerprint density at radius 3 is 1.47 bits per heavy atom. The molecule has 53 heavy (non-hydrogen) atoms. The summed E-state index contributed by atoms with van der Waals surface area (Å²) in [5.41, 5.74) is 0. The predicted molar refractivity (Wildman–Crippen MR) is 227 cm³/mol. The summed E-state index contributed by atoms with van der Waals surface area (Å²) < 4.78 is 5.44. The maximum absolute atomic E-state index is 12.3. The monoisotopic (exact) mass is 748 g/mol. The number of esters is 1. The lowest BCUT2D eigenvalue weighted by Gasteiger charge is -2.22. The molecule has 0 heterocycles. The van der Waals surface area contributed by atoms with Gasteiger partial charge in [0.05, 0.1) is 25.4 Å². The first-order valence-electron chi connectivity index (χ1n) is 23.1. The van der Waals surface area contributed by atoms with Gasteiger partial charge in [0.25, 0.3) is 0 Å². The highest BCUT2D eigenvalue weighted by Crippen LogP contribution is 2.15. The molecule has 0 bridgehead atoms. The topological polar surface area (TPSA) is 95.9 Å². The van der Waals surface area contributed by atoms with E-state index < -0.39 is 12.1 Å². The highest BCUT2D eigenvalue weighted by molar-refractivity contribution is 5.76. The molecule has 0 fully saturated rings. The zero-order valence-electron chi connectivity index (χ0n) is 35.2. The first-order valence-corrected chi connectivity index (χ1v) is 23.1. The Kier molecular flexibility index (Phi) is 41.7. The SMILES string of the molecule is CCCCCCCCCCCCCCCCC(=O)OCCCCCCCC/C=C\C/C=C\CCC(=O)NC(CO)C(O)CCCCCCCCCCC. The van der Waals surface area contributed by atoms with E-state index in [2.05, 4.69) is 37.4 Å². The van der Waals surface area contributed by atoms with Crippen molar-refractivity contribution in [3.63, 3.8) is 0 Å². The average Bonchev–Trinajstić information content (AvgIpc) is 3.16. The number of unbranched alkanes of at least 4 members (excludes halogenated alkanes) is 27. The number of carbonyl (C=O) groups is 2. The molecule has 0 rings (SSSR count). The van der Waals surface area contributed by atoms with Gasteiger partial charge in [-0.25, -0.2) is 0 Å². The van der Waals surface area contributed by atoms with Gasteiger partial charge in [-0.2, -0.15) is 0 Å². The van der Waals surface area contributed by atoms with Gasteiger partial charge in [-0.05, 0) is 44.9 Å². The first kappa shape index (κ1) is 51.3. The third-order valence-electron chi connectivity index (χ3n) is 10.5. The van der Waals surface area contributed by atoms with Crippen molar-refractivity contribution in [2.75, 3.05) is 13.2 Å². The summed E-state index contributed by atoms with van der Waals surface area (Å²) in [4.78, 5) is 24.3. The number of hydrogen-bond acceptors (Lipinski definition) is 5. The Hall–Kier alpha value is -1.66. The molecule has 0 aliphatic rings. The Morgan fingerprint density at radius 2 is 0.962 bits per heavy atom. The molecule has 0 aromatic rings. The summed E-state index contributed by atoms with van der Waals surface area (Å²) in [6.07, 6.45) is 48.7. The summed E-state index contributed by atoms with van der Waals surface area (Å²) in [6, 6.07) is -0.582. The van der Waals surface area contributed by atoms with Crippen LogP contribution in [0, 0.1) is 0 Å². The fourth-order valence-corrected chi connectivity index (χ4v) is 6.92.